The molecule has 0 fully saturated rings. The van der Waals surface area contributed by atoms with E-state index in [1.807, 2.05) is 19.0 Å². The van der Waals surface area contributed by atoms with Gasteiger partial charge in [0.15, 0.2) is 0 Å². The van der Waals surface area contributed by atoms with Crippen molar-refractivity contribution in [1.29, 1.82) is 0 Å². The summed E-state index contributed by atoms with van der Waals surface area (Å²) >= 11 is 8.60. The first kappa shape index (κ1) is 16.1. The molecule has 2 unspecified atom stereocenters. The Morgan fingerprint density at radius 2 is 1.94 bits per heavy atom. The minimum Gasteiger partial charge on any atom is -0.354 e. The molecule has 0 aromatic rings. The first-order valence-corrected chi connectivity index (χ1v) is 6.75. The summed E-state index contributed by atoms with van der Waals surface area (Å²) in [7, 11) is 3.97. The van der Waals surface area contributed by atoms with Gasteiger partial charge >= 0.3 is 0 Å². The highest BCUT2D eigenvalue weighted by molar-refractivity contribution is 7.81. The molecule has 0 saturated carbocycles. The number of thiol groups is 2. The van der Waals surface area contributed by atoms with Crippen LogP contribution in [0.1, 0.15) is 26.2 Å². The summed E-state index contributed by atoms with van der Waals surface area (Å²) in [6.45, 7) is 3.61. The maximum absolute atomic E-state index is 11.6. The maximum atomic E-state index is 11.6. The number of carbonyl (C=O) groups is 1. The van der Waals surface area contributed by atoms with Crippen LogP contribution in [0.25, 0.3) is 0 Å². The lowest BCUT2D eigenvalue weighted by Crippen LogP contribution is -2.36. The first-order chi connectivity index (χ1) is 7.43. The molecule has 0 bridgehead atoms. The van der Waals surface area contributed by atoms with Crippen molar-refractivity contribution < 1.29 is 4.79 Å². The van der Waals surface area contributed by atoms with E-state index >= 15 is 0 Å². The number of hydrogen-bond acceptors (Lipinski definition) is 4. The van der Waals surface area contributed by atoms with E-state index in [9.17, 15) is 4.79 Å². The zero-order chi connectivity index (χ0) is 12.6. The maximum Gasteiger partial charge on any atom is 0.232 e. The van der Waals surface area contributed by atoms with Crippen LogP contribution in [-0.4, -0.2) is 48.5 Å². The summed E-state index contributed by atoms with van der Waals surface area (Å²) in [6, 6.07) is 0. The highest BCUT2D eigenvalue weighted by atomic mass is 32.1. The Morgan fingerprint density at radius 3 is 2.44 bits per heavy atom. The van der Waals surface area contributed by atoms with Crippen molar-refractivity contribution in [1.82, 2.24) is 10.2 Å². The molecule has 2 atom stereocenters. The van der Waals surface area contributed by atoms with E-state index in [1.165, 1.54) is 0 Å². The topological polar surface area (TPSA) is 32.3 Å². The Balaban J connectivity index is 3.57. The lowest BCUT2D eigenvalue weighted by atomic mass is 10.1. The number of nitrogens with one attached hydrogen (secondary N) is 1. The zero-order valence-corrected chi connectivity index (χ0v) is 12.2. The molecule has 96 valence electrons. The van der Waals surface area contributed by atoms with Gasteiger partial charge in [-0.2, -0.15) is 25.3 Å². The monoisotopic (exact) mass is 264 g/mol. The zero-order valence-electron chi connectivity index (χ0n) is 10.4. The number of nitrogens with zero attached hydrogens (tertiary/aromatic N) is 1. The second-order valence-corrected chi connectivity index (χ2v) is 5.89. The van der Waals surface area contributed by atoms with Crippen molar-refractivity contribution in [2.75, 3.05) is 27.2 Å². The third kappa shape index (κ3) is 9.36. The van der Waals surface area contributed by atoms with Crippen LogP contribution in [0.2, 0.25) is 0 Å². The molecule has 0 heterocycles. The normalized spacial score (nSPS) is 14.9. The van der Waals surface area contributed by atoms with Gasteiger partial charge < -0.3 is 10.2 Å². The molecule has 0 aliphatic heterocycles. The Hall–Kier alpha value is 0.130. The molecule has 0 radical (unpaired) electrons. The number of carbonyl (C=O) groups excluding carboxylic acids is 1. The lowest BCUT2D eigenvalue weighted by molar-refractivity contribution is -0.120. The van der Waals surface area contributed by atoms with Crippen molar-refractivity contribution in [2.24, 2.45) is 0 Å². The van der Waals surface area contributed by atoms with Gasteiger partial charge in [-0.25, -0.2) is 0 Å². The van der Waals surface area contributed by atoms with E-state index in [1.54, 1.807) is 0 Å². The quantitative estimate of drug-likeness (QED) is 0.580. The van der Waals surface area contributed by atoms with Crippen LogP contribution in [-0.2, 0) is 4.79 Å². The van der Waals surface area contributed by atoms with Gasteiger partial charge in [-0.15, -0.1) is 0 Å². The fraction of sp³-hybridized carbons (Fsp3) is 0.909. The van der Waals surface area contributed by atoms with E-state index in [2.05, 4.69) is 37.5 Å². The molecule has 0 aliphatic rings. The molecule has 0 saturated heterocycles. The Morgan fingerprint density at radius 1 is 1.31 bits per heavy atom. The van der Waals surface area contributed by atoms with Crippen LogP contribution < -0.4 is 5.32 Å². The van der Waals surface area contributed by atoms with Crippen molar-refractivity contribution >= 4 is 31.2 Å². The fourth-order valence-corrected chi connectivity index (χ4v) is 1.71. The molecule has 0 aromatic carbocycles. The summed E-state index contributed by atoms with van der Waals surface area (Å²) in [5, 5.41) is 3.09. The van der Waals surface area contributed by atoms with Crippen molar-refractivity contribution in [3.63, 3.8) is 0 Å². The third-order valence-corrected chi connectivity index (χ3v) is 3.01. The van der Waals surface area contributed by atoms with Crippen LogP contribution in [0.4, 0.5) is 0 Å². The van der Waals surface area contributed by atoms with Crippen LogP contribution in [0.3, 0.4) is 0 Å². The van der Waals surface area contributed by atoms with E-state index in [0.29, 0.717) is 11.8 Å². The molecular weight excluding hydrogens is 240 g/mol. The van der Waals surface area contributed by atoms with Crippen LogP contribution in [0, 0.1) is 0 Å². The van der Waals surface area contributed by atoms with Gasteiger partial charge in [-0.3, -0.25) is 4.79 Å². The Bertz CT molecular complexity index is 198. The molecule has 0 spiro atoms. The minimum absolute atomic E-state index is 0.0389. The van der Waals surface area contributed by atoms with Gasteiger partial charge in [-0.1, -0.05) is 13.3 Å². The largest absolute Gasteiger partial charge is 0.354 e. The van der Waals surface area contributed by atoms with E-state index in [-0.39, 0.29) is 11.2 Å². The van der Waals surface area contributed by atoms with Crippen molar-refractivity contribution in [3.8, 4) is 0 Å². The van der Waals surface area contributed by atoms with E-state index in [0.717, 1.165) is 25.8 Å². The minimum atomic E-state index is -0.186. The van der Waals surface area contributed by atoms with Crippen molar-refractivity contribution in [3.05, 3.63) is 0 Å². The molecular formula is C11H24N2OS2. The second-order valence-electron chi connectivity index (χ2n) is 4.39. The van der Waals surface area contributed by atoms with Gasteiger partial charge in [0, 0.05) is 13.1 Å². The SMILES string of the molecule is CC(S)CCCC(S)C(=O)NCCN(C)C. The Kier molecular flexibility index (Phi) is 9.26. The van der Waals surface area contributed by atoms with Crippen LogP contribution in [0.15, 0.2) is 0 Å². The predicted octanol–water partition coefficient (Wildman–Crippen LogP) is 1.45. The first-order valence-electron chi connectivity index (χ1n) is 5.72. The average Bonchev–Trinajstić information content (AvgIpc) is 2.16. The predicted molar refractivity (Wildman–Crippen MR) is 76.6 cm³/mol. The molecule has 3 nitrogen and oxygen atoms in total. The van der Waals surface area contributed by atoms with Gasteiger partial charge in [0.05, 0.1) is 5.25 Å². The van der Waals surface area contributed by atoms with Gasteiger partial charge in [0.1, 0.15) is 0 Å². The fourth-order valence-electron chi connectivity index (χ4n) is 1.26. The number of likely N-dealkylation sites (N-methyl/N-ethyl adjacent to an activating group) is 1. The summed E-state index contributed by atoms with van der Waals surface area (Å²) < 4.78 is 0. The van der Waals surface area contributed by atoms with Crippen LogP contribution in [0.5, 0.6) is 0 Å². The molecule has 1 N–H and O–H groups in total. The molecule has 0 aromatic heterocycles. The van der Waals surface area contributed by atoms with Crippen LogP contribution >= 0.6 is 25.3 Å². The molecule has 0 rings (SSSR count). The molecule has 1 amide bonds. The lowest BCUT2D eigenvalue weighted by Gasteiger charge is -2.14. The Labute approximate surface area is 110 Å². The second kappa shape index (κ2) is 9.19. The van der Waals surface area contributed by atoms with E-state index in [4.69, 9.17) is 0 Å². The standard InChI is InChI=1S/C11H24N2OS2/c1-9(15)5-4-6-10(16)11(14)12-7-8-13(2)3/h9-10,15-16H,4-8H2,1-3H3,(H,12,14). The average molecular weight is 264 g/mol. The summed E-state index contributed by atoms with van der Waals surface area (Å²) in [5.41, 5.74) is 0. The number of amides is 1. The van der Waals surface area contributed by atoms with Gasteiger partial charge in [0.25, 0.3) is 0 Å². The third-order valence-electron chi connectivity index (χ3n) is 2.26. The number of rotatable bonds is 8. The highest BCUT2D eigenvalue weighted by Crippen LogP contribution is 2.11. The molecule has 0 aliphatic carbocycles. The molecule has 5 heteroatoms. The smallest absolute Gasteiger partial charge is 0.232 e. The van der Waals surface area contributed by atoms with Gasteiger partial charge in [0.2, 0.25) is 5.91 Å². The summed E-state index contributed by atoms with van der Waals surface area (Å²) in [6.07, 6.45) is 2.85. The number of hydrogen-bond donors (Lipinski definition) is 3. The summed E-state index contributed by atoms with van der Waals surface area (Å²) in [4.78, 5) is 13.6. The van der Waals surface area contributed by atoms with Crippen molar-refractivity contribution in [2.45, 2.75) is 36.7 Å². The summed E-state index contributed by atoms with van der Waals surface area (Å²) in [5.74, 6) is 0.0389. The van der Waals surface area contributed by atoms with Gasteiger partial charge in [-0.05, 0) is 32.2 Å². The highest BCUT2D eigenvalue weighted by Gasteiger charge is 2.12. The molecule has 16 heavy (non-hydrogen) atoms. The van der Waals surface area contributed by atoms with E-state index < -0.39 is 0 Å².